The number of halogens is 2. The lowest BCUT2D eigenvalue weighted by Gasteiger charge is -2.29. The summed E-state index contributed by atoms with van der Waals surface area (Å²) < 4.78 is 26.3. The van der Waals surface area contributed by atoms with Gasteiger partial charge in [0, 0.05) is 16.6 Å². The maximum absolute atomic E-state index is 12.6. The van der Waals surface area contributed by atoms with Crippen LogP contribution in [-0.2, 0) is 14.8 Å². The molecule has 1 aromatic carbocycles. The number of hydrogen-bond donors (Lipinski definition) is 0. The minimum absolute atomic E-state index is 0.0139. The van der Waals surface area contributed by atoms with Crippen LogP contribution in [0.3, 0.4) is 0 Å². The molecule has 1 heterocycles. The van der Waals surface area contributed by atoms with Crippen LogP contribution in [0.4, 0.5) is 0 Å². The van der Waals surface area contributed by atoms with Crippen molar-refractivity contribution in [2.24, 2.45) is 0 Å². The molecule has 0 radical (unpaired) electrons. The summed E-state index contributed by atoms with van der Waals surface area (Å²) in [6.07, 6.45) is 1.86. The third-order valence-corrected chi connectivity index (χ3v) is 5.74. The van der Waals surface area contributed by atoms with Gasteiger partial charge in [-0.2, -0.15) is 4.31 Å². The maximum atomic E-state index is 12.6. The molecule has 0 spiro atoms. The lowest BCUT2D eigenvalue weighted by Crippen LogP contribution is -2.46. The summed E-state index contributed by atoms with van der Waals surface area (Å²) in [5.41, 5.74) is -0.992. The van der Waals surface area contributed by atoms with E-state index in [0.29, 0.717) is 25.7 Å². The molecule has 0 aromatic heterocycles. The Morgan fingerprint density at radius 2 is 1.84 bits per heavy atom. The SMILES string of the molecule is CC1(C=O)CCCN1S(=O)(=O)c1cc(Cl)cc(Cl)c1. The third-order valence-electron chi connectivity index (χ3n) is 3.29. The van der Waals surface area contributed by atoms with Crippen molar-refractivity contribution in [3.05, 3.63) is 28.2 Å². The van der Waals surface area contributed by atoms with Gasteiger partial charge in [0.1, 0.15) is 6.29 Å². The number of rotatable bonds is 3. The van der Waals surface area contributed by atoms with Crippen LogP contribution in [-0.4, -0.2) is 31.1 Å². The summed E-state index contributed by atoms with van der Waals surface area (Å²) >= 11 is 11.7. The first kappa shape index (κ1) is 14.8. The van der Waals surface area contributed by atoms with E-state index < -0.39 is 15.6 Å². The zero-order valence-corrected chi connectivity index (χ0v) is 12.6. The lowest BCUT2D eigenvalue weighted by molar-refractivity contribution is -0.114. The van der Waals surface area contributed by atoms with Crippen LogP contribution < -0.4 is 0 Å². The van der Waals surface area contributed by atoms with Gasteiger partial charge >= 0.3 is 0 Å². The van der Waals surface area contributed by atoms with Gasteiger partial charge in [0.2, 0.25) is 10.0 Å². The Kier molecular flexibility index (Phi) is 3.93. The fourth-order valence-corrected chi connectivity index (χ4v) is 4.79. The monoisotopic (exact) mass is 321 g/mol. The average Bonchev–Trinajstić information content (AvgIpc) is 2.71. The Morgan fingerprint density at radius 1 is 1.26 bits per heavy atom. The van der Waals surface area contributed by atoms with Crippen LogP contribution in [0.5, 0.6) is 0 Å². The smallest absolute Gasteiger partial charge is 0.244 e. The van der Waals surface area contributed by atoms with Gasteiger partial charge in [-0.05, 0) is 38.0 Å². The van der Waals surface area contributed by atoms with Crippen LogP contribution >= 0.6 is 23.2 Å². The highest BCUT2D eigenvalue weighted by atomic mass is 35.5. The number of carbonyl (C=O) groups excluding carboxylic acids is 1. The molecule has 1 atom stereocenters. The van der Waals surface area contributed by atoms with Crippen LogP contribution in [0.2, 0.25) is 10.0 Å². The molecule has 104 valence electrons. The van der Waals surface area contributed by atoms with Gasteiger partial charge in [-0.15, -0.1) is 0 Å². The number of benzene rings is 1. The fraction of sp³-hybridized carbons (Fsp3) is 0.417. The Balaban J connectivity index is 2.51. The molecule has 4 nitrogen and oxygen atoms in total. The predicted molar refractivity (Wildman–Crippen MR) is 74.1 cm³/mol. The zero-order valence-electron chi connectivity index (χ0n) is 10.3. The van der Waals surface area contributed by atoms with Gasteiger partial charge in [-0.3, -0.25) is 0 Å². The first-order valence-electron chi connectivity index (χ1n) is 5.75. The molecule has 19 heavy (non-hydrogen) atoms. The standard InChI is InChI=1S/C12H13Cl2NO3S/c1-12(8-16)3-2-4-15(12)19(17,18)11-6-9(13)5-10(14)7-11/h5-8H,2-4H2,1H3. The molecule has 0 saturated carbocycles. The van der Waals surface area contributed by atoms with Gasteiger partial charge in [0.25, 0.3) is 0 Å². The molecule has 1 unspecified atom stereocenters. The minimum Gasteiger partial charge on any atom is -0.301 e. The van der Waals surface area contributed by atoms with Gasteiger partial charge in [-0.25, -0.2) is 8.42 Å². The normalized spacial score (nSPS) is 24.6. The Labute approximate surface area is 122 Å². The first-order valence-corrected chi connectivity index (χ1v) is 7.94. The summed E-state index contributed by atoms with van der Waals surface area (Å²) in [5, 5.41) is 0.496. The topological polar surface area (TPSA) is 54.5 Å². The molecular weight excluding hydrogens is 309 g/mol. The molecule has 1 aromatic rings. The van der Waals surface area contributed by atoms with Crippen LogP contribution in [0, 0.1) is 0 Å². The summed E-state index contributed by atoms with van der Waals surface area (Å²) in [6, 6.07) is 4.14. The van der Waals surface area contributed by atoms with E-state index in [9.17, 15) is 13.2 Å². The van der Waals surface area contributed by atoms with Crippen molar-refractivity contribution >= 4 is 39.5 Å². The summed E-state index contributed by atoms with van der Waals surface area (Å²) in [7, 11) is -3.77. The highest BCUT2D eigenvalue weighted by Crippen LogP contribution is 2.34. The van der Waals surface area contributed by atoms with Crippen molar-refractivity contribution in [1.29, 1.82) is 0 Å². The number of nitrogens with zero attached hydrogens (tertiary/aromatic N) is 1. The number of hydrogen-bond acceptors (Lipinski definition) is 3. The molecule has 0 bridgehead atoms. The van der Waals surface area contributed by atoms with Crippen molar-refractivity contribution in [1.82, 2.24) is 4.31 Å². The zero-order chi connectivity index (χ0) is 14.3. The highest BCUT2D eigenvalue weighted by molar-refractivity contribution is 7.89. The Hall–Kier alpha value is -0.620. The summed E-state index contributed by atoms with van der Waals surface area (Å²) in [4.78, 5) is 11.2. The third kappa shape index (κ3) is 2.65. The van der Waals surface area contributed by atoms with Crippen molar-refractivity contribution < 1.29 is 13.2 Å². The molecule has 0 aliphatic carbocycles. The van der Waals surface area contributed by atoms with E-state index >= 15 is 0 Å². The number of carbonyl (C=O) groups is 1. The van der Waals surface area contributed by atoms with Gasteiger partial charge in [-0.1, -0.05) is 23.2 Å². The van der Waals surface area contributed by atoms with E-state index in [1.807, 2.05) is 0 Å². The van der Waals surface area contributed by atoms with Gasteiger partial charge in [0.05, 0.1) is 10.4 Å². The molecule has 0 N–H and O–H groups in total. The van der Waals surface area contributed by atoms with E-state index in [1.165, 1.54) is 22.5 Å². The van der Waals surface area contributed by atoms with E-state index in [1.54, 1.807) is 6.92 Å². The lowest BCUT2D eigenvalue weighted by atomic mass is 10.0. The molecule has 2 rings (SSSR count). The van der Waals surface area contributed by atoms with E-state index in [-0.39, 0.29) is 14.9 Å². The van der Waals surface area contributed by atoms with Crippen molar-refractivity contribution in [3.63, 3.8) is 0 Å². The average molecular weight is 322 g/mol. The number of aldehydes is 1. The Morgan fingerprint density at radius 3 is 2.37 bits per heavy atom. The van der Waals surface area contributed by atoms with Gasteiger partial charge in [0.15, 0.2) is 0 Å². The second kappa shape index (κ2) is 5.05. The predicted octanol–water partition coefficient (Wildman–Crippen LogP) is 2.74. The van der Waals surface area contributed by atoms with Crippen LogP contribution in [0.25, 0.3) is 0 Å². The quantitative estimate of drug-likeness (QED) is 0.804. The molecule has 7 heteroatoms. The fourth-order valence-electron chi connectivity index (χ4n) is 2.28. The maximum Gasteiger partial charge on any atom is 0.244 e. The number of sulfonamides is 1. The van der Waals surface area contributed by atoms with E-state index in [2.05, 4.69) is 0 Å². The molecule has 1 aliphatic rings. The molecule has 1 aliphatic heterocycles. The van der Waals surface area contributed by atoms with Crippen molar-refractivity contribution in [3.8, 4) is 0 Å². The molecule has 0 amide bonds. The van der Waals surface area contributed by atoms with E-state index in [0.717, 1.165) is 0 Å². The molecule has 1 saturated heterocycles. The van der Waals surface area contributed by atoms with Gasteiger partial charge < -0.3 is 4.79 Å². The minimum atomic E-state index is -3.77. The second-order valence-corrected chi connectivity index (χ2v) is 7.50. The summed E-state index contributed by atoms with van der Waals surface area (Å²) in [6.45, 7) is 1.94. The largest absolute Gasteiger partial charge is 0.301 e. The first-order chi connectivity index (χ1) is 8.79. The van der Waals surface area contributed by atoms with Crippen molar-refractivity contribution in [2.45, 2.75) is 30.2 Å². The summed E-state index contributed by atoms with van der Waals surface area (Å²) in [5.74, 6) is 0. The van der Waals surface area contributed by atoms with E-state index in [4.69, 9.17) is 23.2 Å². The van der Waals surface area contributed by atoms with Crippen molar-refractivity contribution in [2.75, 3.05) is 6.54 Å². The van der Waals surface area contributed by atoms with Crippen LogP contribution in [0.1, 0.15) is 19.8 Å². The molecule has 1 fully saturated rings. The molecular formula is C12H13Cl2NO3S. The second-order valence-electron chi connectivity index (χ2n) is 4.76. The van der Waals surface area contributed by atoms with Crippen LogP contribution in [0.15, 0.2) is 23.1 Å². The highest BCUT2D eigenvalue weighted by Gasteiger charge is 2.44. The Bertz CT molecular complexity index is 597.